The Hall–Kier alpha value is -2.74. The minimum Gasteiger partial charge on any atom is -0.380 e. The molecule has 2 fully saturated rings. The average Bonchev–Trinajstić information content (AvgIpc) is 3.26. The van der Waals surface area contributed by atoms with E-state index in [1.807, 2.05) is 0 Å². The van der Waals surface area contributed by atoms with Crippen LogP contribution >= 0.6 is 0 Å². The van der Waals surface area contributed by atoms with Crippen LogP contribution in [0.4, 0.5) is 35.1 Å². The van der Waals surface area contributed by atoms with Gasteiger partial charge < -0.3 is 10.0 Å². The standard InChI is InChI=1S/C26H23F8NO4S/c27-17-4-6-18(7-5-17)40(38,39)23-12-13-35(21(36)22(37)10-1-11-22)20(23)9-2-15-14-16(3-8-19(15)23)24(28,25(29,30)31)26(32,33)34/h3-8,14,20,37H,1-2,9-13H2/t20-,23-/m0/s1. The molecule has 2 atom stereocenters. The highest BCUT2D eigenvalue weighted by atomic mass is 32.2. The molecule has 218 valence electrons. The first-order valence-corrected chi connectivity index (χ1v) is 13.9. The van der Waals surface area contributed by atoms with E-state index < -0.39 is 61.5 Å². The molecule has 0 unspecified atom stereocenters. The zero-order valence-corrected chi connectivity index (χ0v) is 21.4. The molecule has 0 aromatic heterocycles. The second-order valence-corrected chi connectivity index (χ2v) is 12.8. The number of halogens is 8. The molecule has 0 radical (unpaired) electrons. The van der Waals surface area contributed by atoms with Crippen LogP contribution < -0.4 is 0 Å². The molecule has 2 aromatic carbocycles. The van der Waals surface area contributed by atoms with Crippen molar-refractivity contribution in [3.8, 4) is 0 Å². The molecule has 1 N–H and O–H groups in total. The molecule has 0 bridgehead atoms. The first-order valence-electron chi connectivity index (χ1n) is 12.4. The van der Waals surface area contributed by atoms with Gasteiger partial charge in [-0.2, -0.15) is 26.3 Å². The lowest BCUT2D eigenvalue weighted by Gasteiger charge is -2.45. The molecule has 1 aliphatic heterocycles. The Morgan fingerprint density at radius 3 is 2.05 bits per heavy atom. The molecule has 0 spiro atoms. The van der Waals surface area contributed by atoms with Crippen molar-refractivity contribution >= 4 is 15.7 Å². The fourth-order valence-corrected chi connectivity index (χ4v) is 8.66. The summed E-state index contributed by atoms with van der Waals surface area (Å²) in [6.45, 7) is -0.175. The molecule has 2 aliphatic carbocycles. The van der Waals surface area contributed by atoms with Crippen molar-refractivity contribution in [2.75, 3.05) is 6.54 Å². The van der Waals surface area contributed by atoms with E-state index in [9.17, 15) is 53.4 Å². The van der Waals surface area contributed by atoms with Gasteiger partial charge in [-0.05, 0) is 73.9 Å². The minimum absolute atomic E-state index is 0.153. The summed E-state index contributed by atoms with van der Waals surface area (Å²) >= 11 is 0. The fourth-order valence-electron chi connectivity index (χ4n) is 6.29. The van der Waals surface area contributed by atoms with Gasteiger partial charge >= 0.3 is 18.0 Å². The Bertz CT molecular complexity index is 1440. The van der Waals surface area contributed by atoms with E-state index in [-0.39, 0.29) is 60.7 Å². The van der Waals surface area contributed by atoms with E-state index in [1.54, 1.807) is 0 Å². The van der Waals surface area contributed by atoms with Gasteiger partial charge in [0.1, 0.15) is 16.2 Å². The van der Waals surface area contributed by atoms with Crippen LogP contribution in [0.1, 0.15) is 48.8 Å². The Kier molecular flexibility index (Phi) is 6.39. The van der Waals surface area contributed by atoms with Crippen molar-refractivity contribution in [1.29, 1.82) is 0 Å². The summed E-state index contributed by atoms with van der Waals surface area (Å²) in [7, 11) is -4.58. The van der Waals surface area contributed by atoms with E-state index in [2.05, 4.69) is 0 Å². The van der Waals surface area contributed by atoms with Crippen molar-refractivity contribution in [3.05, 3.63) is 65.0 Å². The lowest BCUT2D eigenvalue weighted by atomic mass is 9.75. The lowest BCUT2D eigenvalue weighted by molar-refractivity contribution is -0.348. The number of hydrogen-bond acceptors (Lipinski definition) is 4. The molecule has 14 heteroatoms. The van der Waals surface area contributed by atoms with Crippen LogP contribution in [0.5, 0.6) is 0 Å². The smallest absolute Gasteiger partial charge is 0.380 e. The van der Waals surface area contributed by atoms with Gasteiger partial charge in [-0.3, -0.25) is 4.79 Å². The molecular formula is C26H23F8NO4S. The maximum absolute atomic E-state index is 14.9. The maximum Gasteiger partial charge on any atom is 0.435 e. The third-order valence-corrected chi connectivity index (χ3v) is 11.1. The predicted octanol–water partition coefficient (Wildman–Crippen LogP) is 5.25. The normalized spacial score (nSPS) is 24.7. The topological polar surface area (TPSA) is 74.7 Å². The Labute approximate surface area is 223 Å². The summed E-state index contributed by atoms with van der Waals surface area (Å²) in [6.07, 6.45) is -12.6. The average molecular weight is 598 g/mol. The molecule has 3 aliphatic rings. The van der Waals surface area contributed by atoms with E-state index in [0.29, 0.717) is 12.5 Å². The third kappa shape index (κ3) is 3.81. The van der Waals surface area contributed by atoms with E-state index in [1.165, 1.54) is 4.90 Å². The largest absolute Gasteiger partial charge is 0.435 e. The van der Waals surface area contributed by atoms with Crippen molar-refractivity contribution in [2.24, 2.45) is 0 Å². The van der Waals surface area contributed by atoms with Gasteiger partial charge in [-0.1, -0.05) is 18.2 Å². The number of benzene rings is 2. The van der Waals surface area contributed by atoms with Gasteiger partial charge in [-0.25, -0.2) is 17.2 Å². The highest BCUT2D eigenvalue weighted by molar-refractivity contribution is 7.92. The predicted molar refractivity (Wildman–Crippen MR) is 124 cm³/mol. The minimum atomic E-state index is -6.36. The van der Waals surface area contributed by atoms with Crippen molar-refractivity contribution in [2.45, 2.75) is 77.8 Å². The molecule has 1 heterocycles. The maximum atomic E-state index is 14.9. The first-order chi connectivity index (χ1) is 18.4. The molecular weight excluding hydrogens is 574 g/mol. The molecule has 5 nitrogen and oxygen atoms in total. The van der Waals surface area contributed by atoms with Crippen molar-refractivity contribution in [1.82, 2.24) is 4.90 Å². The molecule has 1 saturated carbocycles. The summed E-state index contributed by atoms with van der Waals surface area (Å²) in [5, 5.41) is 10.7. The number of aryl methyl sites for hydroxylation is 1. The number of carbonyl (C=O) groups is 1. The van der Waals surface area contributed by atoms with Gasteiger partial charge in [-0.15, -0.1) is 0 Å². The molecule has 40 heavy (non-hydrogen) atoms. The lowest BCUT2D eigenvalue weighted by Crippen LogP contribution is -2.58. The first kappa shape index (κ1) is 28.8. The van der Waals surface area contributed by atoms with Crippen LogP contribution in [0, 0.1) is 5.82 Å². The summed E-state index contributed by atoms with van der Waals surface area (Å²) in [4.78, 5) is 14.1. The van der Waals surface area contributed by atoms with E-state index in [0.717, 1.165) is 30.3 Å². The summed E-state index contributed by atoms with van der Waals surface area (Å²) in [6, 6.07) is 3.97. The van der Waals surface area contributed by atoms with E-state index in [4.69, 9.17) is 0 Å². The van der Waals surface area contributed by atoms with Gasteiger partial charge in [0.2, 0.25) is 0 Å². The van der Waals surface area contributed by atoms with Crippen LogP contribution in [0.2, 0.25) is 0 Å². The van der Waals surface area contributed by atoms with Gasteiger partial charge in [0, 0.05) is 12.1 Å². The number of alkyl halides is 7. The third-order valence-electron chi connectivity index (χ3n) is 8.51. The van der Waals surface area contributed by atoms with Gasteiger partial charge in [0.15, 0.2) is 9.84 Å². The van der Waals surface area contributed by atoms with Crippen molar-refractivity contribution in [3.63, 3.8) is 0 Å². The van der Waals surface area contributed by atoms with Crippen LogP contribution in [0.3, 0.4) is 0 Å². The molecule has 5 rings (SSSR count). The second-order valence-electron chi connectivity index (χ2n) is 10.6. The molecule has 1 amide bonds. The van der Waals surface area contributed by atoms with E-state index >= 15 is 0 Å². The van der Waals surface area contributed by atoms with Crippen LogP contribution in [-0.2, 0) is 31.5 Å². The Balaban J connectivity index is 1.70. The monoisotopic (exact) mass is 597 g/mol. The van der Waals surface area contributed by atoms with Gasteiger partial charge in [0.25, 0.3) is 5.91 Å². The zero-order valence-electron chi connectivity index (χ0n) is 20.6. The summed E-state index contributed by atoms with van der Waals surface area (Å²) in [5.74, 6) is -1.47. The number of carbonyl (C=O) groups excluding carboxylic acids is 1. The van der Waals surface area contributed by atoms with Crippen LogP contribution in [0.25, 0.3) is 0 Å². The highest BCUT2D eigenvalue weighted by Crippen LogP contribution is 2.57. The number of sulfone groups is 1. The highest BCUT2D eigenvalue weighted by Gasteiger charge is 2.74. The SMILES string of the molecule is O=C(N1CC[C@]2(S(=O)(=O)c3ccc(F)cc3)c3ccc(C(F)(C(F)(F)F)C(F)(F)F)cc3CC[C@H]12)C1(O)CCC1. The number of hydrogen-bond donors (Lipinski definition) is 1. The number of fused-ring (bicyclic) bond motifs is 3. The summed E-state index contributed by atoms with van der Waals surface area (Å²) in [5.41, 5.74) is -9.56. The van der Waals surface area contributed by atoms with Crippen molar-refractivity contribution < 1.29 is 53.4 Å². The zero-order chi connectivity index (χ0) is 29.5. The Morgan fingerprint density at radius 1 is 0.925 bits per heavy atom. The molecule has 2 aromatic rings. The molecule has 1 saturated heterocycles. The van der Waals surface area contributed by atoms with Crippen LogP contribution in [-0.4, -0.2) is 54.9 Å². The van der Waals surface area contributed by atoms with Crippen LogP contribution in [0.15, 0.2) is 47.4 Å². The van der Waals surface area contributed by atoms with Gasteiger partial charge in [0.05, 0.1) is 10.9 Å². The number of nitrogens with zero attached hydrogens (tertiary/aromatic N) is 1. The second kappa shape index (κ2) is 8.88. The number of amides is 1. The number of aliphatic hydroxyl groups is 1. The quantitative estimate of drug-likeness (QED) is 0.386. The number of likely N-dealkylation sites (tertiary alicyclic amines) is 1. The summed E-state index contributed by atoms with van der Waals surface area (Å²) < 4.78 is 136. The Morgan fingerprint density at radius 2 is 1.52 bits per heavy atom. The fraction of sp³-hybridized carbons (Fsp3) is 0.500. The number of rotatable bonds is 4.